The molecule has 24 heteroatoms. The number of halogens is 16. The molecule has 0 saturated heterocycles. The van der Waals surface area contributed by atoms with Gasteiger partial charge in [-0.1, -0.05) is 214 Å². The van der Waals surface area contributed by atoms with Crippen molar-refractivity contribution in [2.24, 2.45) is 189 Å². The lowest BCUT2D eigenvalue weighted by atomic mass is 9.68. The second kappa shape index (κ2) is 65.8. The van der Waals surface area contributed by atoms with Gasteiger partial charge >= 0.3 is 0 Å². The second-order valence-electron chi connectivity index (χ2n) is 49.0. The van der Waals surface area contributed by atoms with Crippen LogP contribution in [0.15, 0.2) is 0 Å². The van der Waals surface area contributed by atoms with E-state index in [-0.39, 0.29) is 148 Å². The molecule has 8 nitrogen and oxygen atoms in total. The van der Waals surface area contributed by atoms with Crippen LogP contribution in [0.1, 0.15) is 430 Å². The third-order valence-corrected chi connectivity index (χ3v) is 41.5. The van der Waals surface area contributed by atoms with E-state index in [4.69, 9.17) is 46.4 Å². The molecule has 0 aliphatic heterocycles. The van der Waals surface area contributed by atoms with Crippen LogP contribution in [0.25, 0.3) is 0 Å². The topological polar surface area (TPSA) is 252 Å². The molecule has 832 valence electrons. The average Bonchev–Trinajstić information content (AvgIpc) is 0.856. The van der Waals surface area contributed by atoms with Gasteiger partial charge in [0, 0.05) is 11.4 Å². The lowest BCUT2D eigenvalue weighted by Crippen LogP contribution is -2.41. The lowest BCUT2D eigenvalue weighted by Gasteiger charge is -2.41. The highest BCUT2D eigenvalue weighted by Crippen LogP contribution is 2.53. The zero-order chi connectivity index (χ0) is 93.7. The van der Waals surface area contributed by atoms with E-state index in [2.05, 4.69) is 69.2 Å². The normalized spacial score (nSPS) is 47.3. The number of hydrogen-bond acceptors (Lipinski definition) is 0. The Balaban J connectivity index is -0.000000241. The maximum absolute atomic E-state index is 14.2. The average molecular weight is 2070 g/mol. The minimum atomic E-state index is -1.21. The molecule has 0 aromatic rings. The Hall–Kier alpha value is -0.000000000000000458. The monoisotopic (exact) mass is 2070 g/mol. The molecular weight excluding hydrogens is 1840 g/mol. The summed E-state index contributed by atoms with van der Waals surface area (Å²) in [6, 6.07) is 0. The van der Waals surface area contributed by atoms with Crippen LogP contribution in [-0.4, -0.2) is 139 Å². The van der Waals surface area contributed by atoms with Crippen molar-refractivity contribution in [3.05, 3.63) is 0 Å². The van der Waals surface area contributed by atoms with Gasteiger partial charge in [-0.05, 0) is 395 Å². The molecule has 0 aromatic heterocycles. The molecule has 0 heterocycles. The Morgan fingerprint density at radius 1 is 0.125 bits per heavy atom. The molecule has 0 amide bonds. The molecule has 0 spiro atoms. The third kappa shape index (κ3) is 38.5. The lowest BCUT2D eigenvalue weighted by molar-refractivity contribution is -0.00577. The van der Waals surface area contributed by atoms with Crippen LogP contribution < -0.4 is 0 Å². The molecule has 0 radical (unpaired) electrons. The van der Waals surface area contributed by atoms with Gasteiger partial charge in [0.25, 0.3) is 0 Å². The largest absolute Gasteiger partial charge is 0.412 e. The van der Waals surface area contributed by atoms with Crippen molar-refractivity contribution in [2.75, 3.05) is 0 Å². The van der Waals surface area contributed by atoms with Gasteiger partial charge in [0.05, 0.1) is 21.5 Å². The SMILES string of the molecule is CC1CCC(C2CCC(C)C(Cl)C2F)CC1.CC1CCC(C2CCC(C)C(Cl)C2F)CC1.CC1CCC(C2CCC(C)C(F)C2Cl)CC1.CC1CCC(C2CCC(C)C(F)C2Cl)CC1.CC1CCC(C2CCC(C)C(F)C2F)CC1.CC1CCC(C2CCC(C)C(F)C2F)CC1.CC1CCC(C2CCC(C)C(F)C2F)CC1.CC1CCC(C2CCC(C)C(F)C2F)CC1.O.O.O.O.O.O.O.O.[HH].[HH].[HH].[HH].[HH].[HH].[HH].[HH]. The van der Waals surface area contributed by atoms with Crippen LogP contribution in [0.5, 0.6) is 0 Å². The maximum atomic E-state index is 14.2. The van der Waals surface area contributed by atoms with Crippen LogP contribution in [0.3, 0.4) is 0 Å². The van der Waals surface area contributed by atoms with E-state index < -0.39 is 74.1 Å². The van der Waals surface area contributed by atoms with Gasteiger partial charge in [0.15, 0.2) is 0 Å². The fraction of sp³-hybridized carbons (Fsp3) is 1.00. The van der Waals surface area contributed by atoms with E-state index >= 15 is 0 Å². The molecule has 32 atom stereocenters. The van der Waals surface area contributed by atoms with Crippen molar-refractivity contribution in [3.63, 3.8) is 0 Å². The fourth-order valence-electron chi connectivity index (χ4n) is 28.3. The van der Waals surface area contributed by atoms with E-state index in [9.17, 15) is 52.7 Å². The first-order valence-corrected chi connectivity index (χ1v) is 56.7. The predicted octanol–water partition coefficient (Wildman–Crippen LogP) is 32.7. The van der Waals surface area contributed by atoms with E-state index in [1.54, 1.807) is 0 Å². The molecule has 136 heavy (non-hydrogen) atoms. The summed E-state index contributed by atoms with van der Waals surface area (Å²) in [5.74, 6) is 13.2. The molecule has 16 N–H and O–H groups in total. The number of rotatable bonds is 8. The summed E-state index contributed by atoms with van der Waals surface area (Å²) < 4.78 is 167. The fourth-order valence-corrected chi connectivity index (χ4v) is 30.1. The molecule has 16 saturated carbocycles. The van der Waals surface area contributed by atoms with E-state index in [1.807, 2.05) is 41.5 Å². The summed E-state index contributed by atoms with van der Waals surface area (Å²) >= 11 is 25.0. The van der Waals surface area contributed by atoms with Crippen molar-refractivity contribution in [1.29, 1.82) is 0 Å². The molecule has 0 aromatic carbocycles. The maximum Gasteiger partial charge on any atom is 0.134 e. The van der Waals surface area contributed by atoms with Crippen molar-refractivity contribution >= 4 is 46.4 Å². The summed E-state index contributed by atoms with van der Waals surface area (Å²) in [6.45, 7) is 33.9. The van der Waals surface area contributed by atoms with Crippen LogP contribution in [-0.2, 0) is 0 Å². The Morgan fingerprint density at radius 2 is 0.243 bits per heavy atom. The van der Waals surface area contributed by atoms with E-state index in [1.165, 1.54) is 154 Å². The van der Waals surface area contributed by atoms with Gasteiger partial charge in [0.2, 0.25) is 0 Å². The van der Waals surface area contributed by atoms with Gasteiger partial charge in [-0.15, -0.1) is 46.4 Å². The first-order valence-electron chi connectivity index (χ1n) is 55.0. The first-order chi connectivity index (χ1) is 60.7. The molecule has 16 aliphatic carbocycles. The minimum absolute atomic E-state index is 0. The highest BCUT2D eigenvalue weighted by atomic mass is 35.5. The van der Waals surface area contributed by atoms with Gasteiger partial charge in [-0.2, -0.15) is 0 Å². The van der Waals surface area contributed by atoms with Gasteiger partial charge in [-0.25, -0.2) is 52.7 Å². The van der Waals surface area contributed by atoms with Gasteiger partial charge in [-0.3, -0.25) is 0 Å². The molecule has 16 fully saturated rings. The number of hydrogen-bond donors (Lipinski definition) is 0. The summed E-state index contributed by atoms with van der Waals surface area (Å²) in [6.07, 6.45) is 42.2. The van der Waals surface area contributed by atoms with Crippen LogP contribution in [0, 0.1) is 189 Å². The van der Waals surface area contributed by atoms with Crippen LogP contribution in [0.4, 0.5) is 52.7 Å². The van der Waals surface area contributed by atoms with Crippen LogP contribution in [0.2, 0.25) is 0 Å². The van der Waals surface area contributed by atoms with Crippen molar-refractivity contribution in [2.45, 2.75) is 515 Å². The number of alkyl halides is 16. The van der Waals surface area contributed by atoms with Crippen molar-refractivity contribution in [1.82, 2.24) is 0 Å². The summed E-state index contributed by atoms with van der Waals surface area (Å²) in [5, 5.41) is -0.916. The zero-order valence-electron chi connectivity index (χ0n) is 87.7. The Kier molecular flexibility index (Phi) is 64.8. The van der Waals surface area contributed by atoms with Crippen molar-refractivity contribution in [3.8, 4) is 0 Å². The van der Waals surface area contributed by atoms with E-state index in [0.717, 1.165) is 201 Å². The highest BCUT2D eigenvalue weighted by Gasteiger charge is 2.50. The van der Waals surface area contributed by atoms with Gasteiger partial charge < -0.3 is 43.8 Å². The predicted molar refractivity (Wildman–Crippen MR) is 567 cm³/mol. The Morgan fingerprint density at radius 3 is 0.397 bits per heavy atom. The zero-order valence-corrected chi connectivity index (χ0v) is 90.7. The highest BCUT2D eigenvalue weighted by molar-refractivity contribution is 6.22. The molecular formula is C112H224Cl4F12O8. The van der Waals surface area contributed by atoms with E-state index in [0.29, 0.717) is 71.0 Å². The molecule has 16 rings (SSSR count). The van der Waals surface area contributed by atoms with Gasteiger partial charge in [0.1, 0.15) is 74.1 Å². The van der Waals surface area contributed by atoms with Crippen molar-refractivity contribution < 1.29 is 108 Å². The smallest absolute Gasteiger partial charge is 0.134 e. The Bertz CT molecular complexity index is 2440. The molecule has 0 bridgehead atoms. The quantitative estimate of drug-likeness (QED) is 0.162. The standard InChI is InChI=1S/4C14H24ClF.4C14H24F2.8H2O.8H2/c2*1-9-3-6-11(7-4-9)12-8-5-10(2)14(16)13(12)15;6*1-9-3-6-11(7-4-9)12-8-5-10(2)13(15)14(12)16;;;;;;;;;;;;;;;;/h8*9-14H,3-8H2,1-2H3;8*1H2;8*1H. The molecule has 32 unspecified atom stereocenters. The Labute approximate surface area is 853 Å². The summed E-state index contributed by atoms with van der Waals surface area (Å²) in [4.78, 5) is 0. The summed E-state index contributed by atoms with van der Waals surface area (Å²) in [5.41, 5.74) is 0. The van der Waals surface area contributed by atoms with Crippen LogP contribution >= 0.6 is 46.4 Å². The molecule has 16 aliphatic rings. The second-order valence-corrected chi connectivity index (χ2v) is 51.0. The first kappa shape index (κ1) is 134. The summed E-state index contributed by atoms with van der Waals surface area (Å²) in [7, 11) is 0. The third-order valence-electron chi connectivity index (χ3n) is 39.0. The minimum Gasteiger partial charge on any atom is -0.412 e.